The molecular formula is C20H30IN5O. The van der Waals surface area contributed by atoms with Crippen LogP contribution in [-0.2, 0) is 6.54 Å². The van der Waals surface area contributed by atoms with Crippen LogP contribution >= 0.6 is 24.0 Å². The number of anilines is 1. The minimum atomic E-state index is 0. The van der Waals surface area contributed by atoms with E-state index in [-0.39, 0.29) is 24.0 Å². The predicted octanol–water partition coefficient (Wildman–Crippen LogP) is 3.21. The average molecular weight is 483 g/mol. The zero-order valence-corrected chi connectivity index (χ0v) is 18.9. The lowest BCUT2D eigenvalue weighted by molar-refractivity contribution is 0.322. The molecule has 2 N–H and O–H groups in total. The largest absolute Gasteiger partial charge is 0.492 e. The van der Waals surface area contributed by atoms with Crippen molar-refractivity contribution in [3.8, 4) is 5.75 Å². The quantitative estimate of drug-likeness (QED) is 0.262. The number of halogens is 1. The Hall–Kier alpha value is -2.03. The number of pyridine rings is 1. The molecule has 0 fully saturated rings. The van der Waals surface area contributed by atoms with Gasteiger partial charge < -0.3 is 20.3 Å². The molecule has 0 aliphatic rings. The van der Waals surface area contributed by atoms with E-state index in [0.717, 1.165) is 29.6 Å². The van der Waals surface area contributed by atoms with E-state index in [0.29, 0.717) is 19.7 Å². The third kappa shape index (κ3) is 8.47. The maximum absolute atomic E-state index is 5.74. The van der Waals surface area contributed by atoms with Gasteiger partial charge in [-0.25, -0.2) is 9.98 Å². The number of benzene rings is 1. The van der Waals surface area contributed by atoms with Crippen LogP contribution in [0.15, 0.2) is 47.6 Å². The second-order valence-corrected chi connectivity index (χ2v) is 6.20. The summed E-state index contributed by atoms with van der Waals surface area (Å²) in [7, 11) is 3.96. The minimum Gasteiger partial charge on any atom is -0.492 e. The van der Waals surface area contributed by atoms with Crippen molar-refractivity contribution in [3.05, 3.63) is 53.7 Å². The van der Waals surface area contributed by atoms with Gasteiger partial charge in [-0.2, -0.15) is 0 Å². The van der Waals surface area contributed by atoms with E-state index >= 15 is 0 Å². The van der Waals surface area contributed by atoms with E-state index in [1.165, 1.54) is 5.56 Å². The van der Waals surface area contributed by atoms with Gasteiger partial charge in [-0.15, -0.1) is 24.0 Å². The smallest absolute Gasteiger partial charge is 0.191 e. The molecule has 1 aromatic carbocycles. The first-order valence-corrected chi connectivity index (χ1v) is 8.92. The Labute approximate surface area is 179 Å². The first-order valence-electron chi connectivity index (χ1n) is 8.92. The summed E-state index contributed by atoms with van der Waals surface area (Å²) in [6, 6.07) is 12.1. The first-order chi connectivity index (χ1) is 12.6. The molecule has 2 rings (SSSR count). The van der Waals surface area contributed by atoms with Crippen molar-refractivity contribution < 1.29 is 4.74 Å². The fraction of sp³-hybridized carbons (Fsp3) is 0.400. The molecule has 0 aliphatic heterocycles. The molecule has 0 unspecified atom stereocenters. The number of hydrogen-bond acceptors (Lipinski definition) is 4. The molecule has 0 spiro atoms. The number of nitrogens with zero attached hydrogens (tertiary/aromatic N) is 3. The van der Waals surface area contributed by atoms with Gasteiger partial charge in [0.2, 0.25) is 0 Å². The lowest BCUT2D eigenvalue weighted by Crippen LogP contribution is -2.39. The molecule has 148 valence electrons. The lowest BCUT2D eigenvalue weighted by atomic mass is 10.2. The minimum absolute atomic E-state index is 0. The van der Waals surface area contributed by atoms with Crippen molar-refractivity contribution in [2.24, 2.45) is 4.99 Å². The number of hydrogen-bond donors (Lipinski definition) is 2. The second-order valence-electron chi connectivity index (χ2n) is 6.20. The van der Waals surface area contributed by atoms with Crippen LogP contribution < -0.4 is 20.3 Å². The van der Waals surface area contributed by atoms with Gasteiger partial charge in [0.25, 0.3) is 0 Å². The number of aromatic nitrogens is 1. The standard InChI is InChI=1S/C20H29N5O.HI/c1-5-21-20(23-12-13-26-18-8-6-16(2)7-9-18)24-15-17-10-11-22-19(14-17)25(3)4;/h6-11,14H,5,12-13,15H2,1-4H3,(H2,21,23,24);1H. The Morgan fingerprint density at radius 1 is 1.15 bits per heavy atom. The SMILES string of the molecule is CCNC(=NCc1ccnc(N(C)C)c1)NCCOc1ccc(C)cc1.I. The Kier molecular flexibility index (Phi) is 10.5. The first kappa shape index (κ1) is 23.0. The number of rotatable bonds is 8. The fourth-order valence-electron chi connectivity index (χ4n) is 2.29. The van der Waals surface area contributed by atoms with Crippen molar-refractivity contribution in [3.63, 3.8) is 0 Å². The molecule has 1 aromatic heterocycles. The molecule has 0 atom stereocenters. The predicted molar refractivity (Wildman–Crippen MR) is 123 cm³/mol. The Balaban J connectivity index is 0.00000364. The van der Waals surface area contributed by atoms with Gasteiger partial charge in [0.1, 0.15) is 18.2 Å². The van der Waals surface area contributed by atoms with Crippen LogP contribution in [-0.4, -0.2) is 44.7 Å². The highest BCUT2D eigenvalue weighted by atomic mass is 127. The van der Waals surface area contributed by atoms with Crippen LogP contribution in [0.4, 0.5) is 5.82 Å². The normalized spacial score (nSPS) is 10.7. The number of aliphatic imine (C=N–C) groups is 1. The second kappa shape index (κ2) is 12.4. The summed E-state index contributed by atoms with van der Waals surface area (Å²) in [5.41, 5.74) is 2.35. The van der Waals surface area contributed by atoms with E-state index in [1.807, 2.05) is 61.6 Å². The van der Waals surface area contributed by atoms with Crippen molar-refractivity contribution in [2.45, 2.75) is 20.4 Å². The molecule has 0 aliphatic carbocycles. The van der Waals surface area contributed by atoms with Gasteiger partial charge in [-0.05, 0) is 43.7 Å². The average Bonchev–Trinajstić information content (AvgIpc) is 2.64. The maximum atomic E-state index is 5.74. The third-order valence-corrected chi connectivity index (χ3v) is 3.72. The highest BCUT2D eigenvalue weighted by molar-refractivity contribution is 14.0. The Morgan fingerprint density at radius 2 is 1.89 bits per heavy atom. The monoisotopic (exact) mass is 483 g/mol. The number of guanidine groups is 1. The number of aryl methyl sites for hydroxylation is 1. The van der Waals surface area contributed by atoms with Crippen molar-refractivity contribution in [1.82, 2.24) is 15.6 Å². The highest BCUT2D eigenvalue weighted by Gasteiger charge is 2.01. The summed E-state index contributed by atoms with van der Waals surface area (Å²) in [6.07, 6.45) is 1.82. The topological polar surface area (TPSA) is 61.8 Å². The Bertz CT molecular complexity index is 704. The molecule has 2 aromatic rings. The molecule has 27 heavy (non-hydrogen) atoms. The number of ether oxygens (including phenoxy) is 1. The van der Waals surface area contributed by atoms with Crippen LogP contribution in [0.3, 0.4) is 0 Å². The number of nitrogens with one attached hydrogen (secondary N) is 2. The van der Waals surface area contributed by atoms with Crippen molar-refractivity contribution in [2.75, 3.05) is 38.7 Å². The van der Waals surface area contributed by atoms with Gasteiger partial charge in [0, 0.05) is 26.8 Å². The van der Waals surface area contributed by atoms with Crippen molar-refractivity contribution >= 4 is 35.8 Å². The molecule has 0 radical (unpaired) electrons. The van der Waals surface area contributed by atoms with Crippen molar-refractivity contribution in [1.29, 1.82) is 0 Å². The van der Waals surface area contributed by atoms with E-state index in [9.17, 15) is 0 Å². The van der Waals surface area contributed by atoms with Gasteiger partial charge in [0.15, 0.2) is 5.96 Å². The molecule has 0 amide bonds. The highest BCUT2D eigenvalue weighted by Crippen LogP contribution is 2.11. The fourth-order valence-corrected chi connectivity index (χ4v) is 2.29. The van der Waals surface area contributed by atoms with Crippen LogP contribution in [0.1, 0.15) is 18.1 Å². The van der Waals surface area contributed by atoms with Crippen LogP contribution in [0, 0.1) is 6.92 Å². The summed E-state index contributed by atoms with van der Waals surface area (Å²) in [5.74, 6) is 2.60. The van der Waals surface area contributed by atoms with E-state index in [4.69, 9.17) is 4.74 Å². The molecular weight excluding hydrogens is 453 g/mol. The Morgan fingerprint density at radius 3 is 2.56 bits per heavy atom. The molecule has 6 nitrogen and oxygen atoms in total. The lowest BCUT2D eigenvalue weighted by Gasteiger charge is -2.13. The zero-order valence-electron chi connectivity index (χ0n) is 16.5. The van der Waals surface area contributed by atoms with Gasteiger partial charge in [0.05, 0.1) is 13.1 Å². The van der Waals surface area contributed by atoms with E-state index in [2.05, 4.69) is 34.5 Å². The van der Waals surface area contributed by atoms with Gasteiger partial charge in [-0.3, -0.25) is 0 Å². The molecule has 1 heterocycles. The molecule has 0 saturated heterocycles. The summed E-state index contributed by atoms with van der Waals surface area (Å²) in [4.78, 5) is 10.9. The van der Waals surface area contributed by atoms with Crippen LogP contribution in [0.25, 0.3) is 0 Å². The van der Waals surface area contributed by atoms with E-state index in [1.54, 1.807) is 0 Å². The van der Waals surface area contributed by atoms with Gasteiger partial charge >= 0.3 is 0 Å². The summed E-state index contributed by atoms with van der Waals surface area (Å²) < 4.78 is 5.74. The van der Waals surface area contributed by atoms with Crippen LogP contribution in [0.5, 0.6) is 5.75 Å². The molecule has 0 bridgehead atoms. The molecule has 7 heteroatoms. The maximum Gasteiger partial charge on any atom is 0.191 e. The summed E-state index contributed by atoms with van der Waals surface area (Å²) >= 11 is 0. The zero-order chi connectivity index (χ0) is 18.8. The van der Waals surface area contributed by atoms with Gasteiger partial charge in [-0.1, -0.05) is 17.7 Å². The summed E-state index contributed by atoms with van der Waals surface area (Å²) in [5, 5.41) is 6.55. The summed E-state index contributed by atoms with van der Waals surface area (Å²) in [6.45, 7) is 6.78. The van der Waals surface area contributed by atoms with E-state index < -0.39 is 0 Å². The third-order valence-electron chi connectivity index (χ3n) is 3.72. The molecule has 0 saturated carbocycles. The van der Waals surface area contributed by atoms with Crippen LogP contribution in [0.2, 0.25) is 0 Å².